The summed E-state index contributed by atoms with van der Waals surface area (Å²) in [5, 5.41) is 17.5. The highest BCUT2D eigenvalue weighted by Gasteiger charge is 2.17. The predicted molar refractivity (Wildman–Crippen MR) is 104 cm³/mol. The topological polar surface area (TPSA) is 93.4 Å². The van der Waals surface area contributed by atoms with Crippen LogP contribution in [0.5, 0.6) is 0 Å². The van der Waals surface area contributed by atoms with Crippen LogP contribution in [0.4, 0.5) is 5.82 Å². The molecule has 0 aliphatic carbocycles. The Morgan fingerprint density at radius 3 is 2.81 bits per heavy atom. The van der Waals surface area contributed by atoms with Gasteiger partial charge in [-0.2, -0.15) is 10.4 Å². The van der Waals surface area contributed by atoms with Crippen molar-refractivity contribution in [3.63, 3.8) is 0 Å². The molecule has 0 radical (unpaired) electrons. The second-order valence-electron chi connectivity index (χ2n) is 5.59. The van der Waals surface area contributed by atoms with Crippen molar-refractivity contribution < 1.29 is 0 Å². The zero-order valence-corrected chi connectivity index (χ0v) is 15.5. The largest absolute Gasteiger partial charge is 0.383 e. The third kappa shape index (κ3) is 2.92. The van der Waals surface area contributed by atoms with Crippen LogP contribution < -0.4 is 5.73 Å². The number of nitriles is 1. The van der Waals surface area contributed by atoms with Gasteiger partial charge in [0.2, 0.25) is 0 Å². The number of nitrogen functional groups attached to an aromatic ring is 1. The van der Waals surface area contributed by atoms with Gasteiger partial charge >= 0.3 is 0 Å². The van der Waals surface area contributed by atoms with Gasteiger partial charge < -0.3 is 5.73 Å². The molecule has 6 nitrogen and oxygen atoms in total. The molecule has 0 unspecified atom stereocenters. The molecule has 0 saturated heterocycles. The first kappa shape index (κ1) is 16.6. The van der Waals surface area contributed by atoms with Gasteiger partial charge in [0.15, 0.2) is 5.16 Å². The maximum atomic E-state index is 9.55. The highest BCUT2D eigenvalue weighted by atomic mass is 32.2. The van der Waals surface area contributed by atoms with Crippen LogP contribution in [0.25, 0.3) is 15.9 Å². The predicted octanol–water partition coefficient (Wildman–Crippen LogP) is 3.93. The van der Waals surface area contributed by atoms with Crippen LogP contribution in [0.15, 0.2) is 46.9 Å². The highest BCUT2D eigenvalue weighted by Crippen LogP contribution is 2.29. The molecule has 4 rings (SSSR count). The van der Waals surface area contributed by atoms with E-state index < -0.39 is 0 Å². The Bertz CT molecular complexity index is 1120. The molecule has 2 N–H and O–H groups in total. The molecule has 0 fully saturated rings. The van der Waals surface area contributed by atoms with E-state index in [1.165, 1.54) is 23.1 Å². The van der Waals surface area contributed by atoms with Gasteiger partial charge in [-0.05, 0) is 30.5 Å². The molecule has 3 heterocycles. The Labute approximate surface area is 158 Å². The van der Waals surface area contributed by atoms with Crippen molar-refractivity contribution in [3.05, 3.63) is 58.7 Å². The summed E-state index contributed by atoms with van der Waals surface area (Å²) in [5.74, 6) is 1.00. The lowest BCUT2D eigenvalue weighted by molar-refractivity contribution is 0.828. The normalized spacial score (nSPS) is 10.9. The summed E-state index contributed by atoms with van der Waals surface area (Å²) in [7, 11) is 0. The number of thioether (sulfide) groups is 1. The molecule has 1 aromatic carbocycles. The lowest BCUT2D eigenvalue weighted by Gasteiger charge is -2.07. The summed E-state index contributed by atoms with van der Waals surface area (Å²) in [4.78, 5) is 9.80. The van der Waals surface area contributed by atoms with E-state index in [1.54, 1.807) is 0 Å². The van der Waals surface area contributed by atoms with Crippen molar-refractivity contribution in [2.75, 3.05) is 5.73 Å². The van der Waals surface area contributed by atoms with Crippen LogP contribution >= 0.6 is 23.1 Å². The van der Waals surface area contributed by atoms with Crippen LogP contribution in [-0.2, 0) is 5.75 Å². The monoisotopic (exact) mass is 378 g/mol. The molecule has 4 aromatic rings. The maximum absolute atomic E-state index is 9.55. The number of nitrogens with two attached hydrogens (primary N) is 1. The fraction of sp³-hybridized carbons (Fsp3) is 0.111. The van der Waals surface area contributed by atoms with E-state index >= 15 is 0 Å². The van der Waals surface area contributed by atoms with Gasteiger partial charge in [0.1, 0.15) is 16.7 Å². The van der Waals surface area contributed by atoms with E-state index in [2.05, 4.69) is 21.1 Å². The second kappa shape index (κ2) is 6.78. The van der Waals surface area contributed by atoms with Crippen molar-refractivity contribution in [1.29, 1.82) is 5.26 Å². The van der Waals surface area contributed by atoms with Crippen LogP contribution in [0.3, 0.4) is 0 Å². The lowest BCUT2D eigenvalue weighted by atomic mass is 10.2. The number of fused-ring (bicyclic) bond motifs is 1. The summed E-state index contributed by atoms with van der Waals surface area (Å²) in [6, 6.07) is 14.0. The molecular weight excluding hydrogens is 364 g/mol. The Kier molecular flexibility index (Phi) is 4.32. The van der Waals surface area contributed by atoms with Gasteiger partial charge in [0.05, 0.1) is 28.0 Å². The first-order chi connectivity index (χ1) is 12.7. The SMILES string of the molecule is Cc1nn(-c2ccccc2)c(CSc2nc(N)c3ccsc3n2)c1C#N. The molecule has 0 amide bonds. The first-order valence-electron chi connectivity index (χ1n) is 7.85. The molecular formula is C18H14N6S2. The molecule has 0 atom stereocenters. The number of thiophene rings is 1. The van der Waals surface area contributed by atoms with Crippen LogP contribution in [0.2, 0.25) is 0 Å². The lowest BCUT2D eigenvalue weighted by Crippen LogP contribution is -2.02. The molecule has 26 heavy (non-hydrogen) atoms. The number of benzene rings is 1. The van der Waals surface area contributed by atoms with E-state index in [4.69, 9.17) is 5.73 Å². The van der Waals surface area contributed by atoms with Gasteiger partial charge in [-0.15, -0.1) is 11.3 Å². The number of nitrogens with zero attached hydrogens (tertiary/aromatic N) is 5. The Balaban J connectivity index is 1.70. The summed E-state index contributed by atoms with van der Waals surface area (Å²) >= 11 is 2.98. The molecule has 0 aliphatic heterocycles. The van der Waals surface area contributed by atoms with Crippen molar-refractivity contribution >= 4 is 39.1 Å². The van der Waals surface area contributed by atoms with Crippen molar-refractivity contribution in [2.24, 2.45) is 0 Å². The average Bonchev–Trinajstić information content (AvgIpc) is 3.25. The highest BCUT2D eigenvalue weighted by molar-refractivity contribution is 7.98. The van der Waals surface area contributed by atoms with Crippen molar-refractivity contribution in [3.8, 4) is 11.8 Å². The quantitative estimate of drug-likeness (QED) is 0.427. The Morgan fingerprint density at radius 1 is 1.23 bits per heavy atom. The van der Waals surface area contributed by atoms with Gasteiger partial charge in [-0.1, -0.05) is 30.0 Å². The van der Waals surface area contributed by atoms with Crippen LogP contribution in [0.1, 0.15) is 17.0 Å². The number of anilines is 1. The molecule has 0 saturated carbocycles. The summed E-state index contributed by atoms with van der Waals surface area (Å²) < 4.78 is 1.81. The third-order valence-electron chi connectivity index (χ3n) is 3.94. The summed E-state index contributed by atoms with van der Waals surface area (Å²) in [6.07, 6.45) is 0. The van der Waals surface area contributed by atoms with Gasteiger partial charge in [-0.3, -0.25) is 0 Å². The summed E-state index contributed by atoms with van der Waals surface area (Å²) in [5.41, 5.74) is 9.07. The number of hydrogen-bond donors (Lipinski definition) is 1. The molecule has 3 aromatic heterocycles. The van der Waals surface area contributed by atoms with Gasteiger partial charge in [0.25, 0.3) is 0 Å². The zero-order valence-electron chi connectivity index (χ0n) is 13.9. The molecule has 0 aliphatic rings. The van der Waals surface area contributed by atoms with Gasteiger partial charge in [0, 0.05) is 5.75 Å². The number of hydrogen-bond acceptors (Lipinski definition) is 7. The minimum atomic E-state index is 0.479. The summed E-state index contributed by atoms with van der Waals surface area (Å²) in [6.45, 7) is 1.85. The van der Waals surface area contributed by atoms with E-state index in [0.29, 0.717) is 28.0 Å². The smallest absolute Gasteiger partial charge is 0.191 e. The number of aromatic nitrogens is 4. The fourth-order valence-corrected chi connectivity index (χ4v) is 4.37. The van der Waals surface area contributed by atoms with E-state index in [1.807, 2.05) is 53.4 Å². The maximum Gasteiger partial charge on any atom is 0.191 e. The standard InChI is InChI=1S/C18H14N6S2/c1-11-14(9-19)15(24(23-11)12-5-3-2-4-6-12)10-26-18-21-16(20)13-7-8-25-17(13)22-18/h2-8H,10H2,1H3,(H2,20,21,22). The number of rotatable bonds is 4. The minimum absolute atomic E-state index is 0.479. The molecule has 128 valence electrons. The molecule has 0 spiro atoms. The van der Waals surface area contributed by atoms with Gasteiger partial charge in [-0.25, -0.2) is 14.6 Å². The number of para-hydroxylation sites is 1. The number of aryl methyl sites for hydroxylation is 1. The minimum Gasteiger partial charge on any atom is -0.383 e. The zero-order chi connectivity index (χ0) is 18.1. The third-order valence-corrected chi connectivity index (χ3v) is 5.61. The first-order valence-corrected chi connectivity index (χ1v) is 9.71. The second-order valence-corrected chi connectivity index (χ2v) is 7.42. The van der Waals surface area contributed by atoms with E-state index in [0.717, 1.165) is 21.6 Å². The molecule has 0 bridgehead atoms. The van der Waals surface area contributed by atoms with Crippen molar-refractivity contribution in [1.82, 2.24) is 19.7 Å². The van der Waals surface area contributed by atoms with Crippen LogP contribution in [0, 0.1) is 18.3 Å². The fourth-order valence-electron chi connectivity index (χ4n) is 2.69. The van der Waals surface area contributed by atoms with Crippen molar-refractivity contribution in [2.45, 2.75) is 17.8 Å². The Hall–Kier alpha value is -2.89. The molecule has 8 heteroatoms. The van der Waals surface area contributed by atoms with E-state index in [-0.39, 0.29) is 0 Å². The van der Waals surface area contributed by atoms with E-state index in [9.17, 15) is 5.26 Å². The Morgan fingerprint density at radius 2 is 2.04 bits per heavy atom. The average molecular weight is 378 g/mol. The van der Waals surface area contributed by atoms with Crippen LogP contribution in [-0.4, -0.2) is 19.7 Å².